The highest BCUT2D eigenvalue weighted by Crippen LogP contribution is 2.31. The van der Waals surface area contributed by atoms with Gasteiger partial charge in [-0.1, -0.05) is 49.2 Å². The molecule has 1 aliphatic heterocycles. The maximum Gasteiger partial charge on any atom is 0.220 e. The number of amides is 1. The predicted molar refractivity (Wildman–Crippen MR) is 130 cm³/mol. The average Bonchev–Trinajstić information content (AvgIpc) is 2.82. The third-order valence-corrected chi connectivity index (χ3v) is 5.78. The normalized spacial score (nSPS) is 13.4. The van der Waals surface area contributed by atoms with Gasteiger partial charge >= 0.3 is 0 Å². The lowest BCUT2D eigenvalue weighted by Gasteiger charge is -2.22. The number of ether oxygens (including phenoxy) is 2. The number of rotatable bonds is 13. The first-order valence-corrected chi connectivity index (χ1v) is 12.0. The maximum absolute atomic E-state index is 12.5. The van der Waals surface area contributed by atoms with Gasteiger partial charge in [0.05, 0.1) is 0 Å². The molecule has 3 rings (SSSR count). The van der Waals surface area contributed by atoms with E-state index >= 15 is 0 Å². The summed E-state index contributed by atoms with van der Waals surface area (Å²) in [7, 11) is 0. The molecule has 2 aromatic carbocycles. The van der Waals surface area contributed by atoms with Crippen molar-refractivity contribution in [2.45, 2.75) is 58.4 Å². The molecule has 0 aliphatic carbocycles. The highest BCUT2D eigenvalue weighted by atomic mass is 16.6. The van der Waals surface area contributed by atoms with Crippen LogP contribution in [0.4, 0.5) is 0 Å². The van der Waals surface area contributed by atoms with Crippen LogP contribution in [0.15, 0.2) is 42.5 Å². The number of likely N-dealkylation sites (N-methyl/N-ethyl adjacent to an activating group) is 1. The Hall–Kier alpha value is -2.86. The van der Waals surface area contributed by atoms with Crippen LogP contribution in [-0.2, 0) is 11.2 Å². The lowest BCUT2D eigenvalue weighted by Crippen LogP contribution is -2.43. The van der Waals surface area contributed by atoms with Crippen LogP contribution >= 0.6 is 0 Å². The Morgan fingerprint density at radius 1 is 0.939 bits per heavy atom. The molecule has 1 atom stereocenters. The predicted octanol–water partition coefficient (Wildman–Crippen LogP) is 4.24. The number of unbranched alkanes of at least 4 members (excludes halogenated alkanes) is 2. The standard InChI is InChI=1S/C27H36N2O4/c1-3-28-19-23(17-21-11-14-25-26(18-21)33-16-15-32-25)29-27(31)8-6-4-5-7-24(30)22-12-9-20(2)10-13-22/h9-14,18,23,28H,3-8,15-17,19H2,1-2H3,(H,29,31)/t23-/m0/s1. The van der Waals surface area contributed by atoms with Crippen LogP contribution < -0.4 is 20.1 Å². The van der Waals surface area contributed by atoms with E-state index in [1.165, 1.54) is 0 Å². The second kappa shape index (κ2) is 13.0. The molecule has 0 saturated carbocycles. The summed E-state index contributed by atoms with van der Waals surface area (Å²) in [6, 6.07) is 13.7. The van der Waals surface area contributed by atoms with Crippen molar-refractivity contribution < 1.29 is 19.1 Å². The summed E-state index contributed by atoms with van der Waals surface area (Å²) in [4.78, 5) is 24.8. The minimum atomic E-state index is 0.00289. The zero-order valence-electron chi connectivity index (χ0n) is 19.8. The van der Waals surface area contributed by atoms with Crippen molar-refractivity contribution >= 4 is 11.7 Å². The fourth-order valence-electron chi connectivity index (χ4n) is 3.92. The minimum absolute atomic E-state index is 0.00289. The molecule has 0 radical (unpaired) electrons. The lowest BCUT2D eigenvalue weighted by molar-refractivity contribution is -0.121. The van der Waals surface area contributed by atoms with Gasteiger partial charge in [-0.05, 0) is 50.4 Å². The van der Waals surface area contributed by atoms with Crippen molar-refractivity contribution in [3.63, 3.8) is 0 Å². The first kappa shape index (κ1) is 24.8. The van der Waals surface area contributed by atoms with Crippen molar-refractivity contribution in [3.8, 4) is 11.5 Å². The summed E-state index contributed by atoms with van der Waals surface area (Å²) in [5.41, 5.74) is 3.03. The van der Waals surface area contributed by atoms with E-state index in [2.05, 4.69) is 17.6 Å². The fourth-order valence-corrected chi connectivity index (χ4v) is 3.92. The van der Waals surface area contributed by atoms with Gasteiger partial charge in [-0.2, -0.15) is 0 Å². The monoisotopic (exact) mass is 452 g/mol. The molecule has 0 bridgehead atoms. The van der Waals surface area contributed by atoms with Gasteiger partial charge in [0.1, 0.15) is 13.2 Å². The zero-order valence-corrected chi connectivity index (χ0v) is 19.8. The van der Waals surface area contributed by atoms with Crippen LogP contribution in [0.1, 0.15) is 60.5 Å². The Balaban J connectivity index is 1.40. The molecular weight excluding hydrogens is 416 g/mol. The van der Waals surface area contributed by atoms with Crippen molar-refractivity contribution in [3.05, 3.63) is 59.2 Å². The lowest BCUT2D eigenvalue weighted by atomic mass is 10.0. The molecule has 6 heteroatoms. The second-order valence-corrected chi connectivity index (χ2v) is 8.60. The van der Waals surface area contributed by atoms with Crippen molar-refractivity contribution in [1.82, 2.24) is 10.6 Å². The number of aryl methyl sites for hydroxylation is 1. The second-order valence-electron chi connectivity index (χ2n) is 8.60. The zero-order chi connectivity index (χ0) is 23.5. The van der Waals surface area contributed by atoms with E-state index in [9.17, 15) is 9.59 Å². The van der Waals surface area contributed by atoms with Crippen molar-refractivity contribution in [2.24, 2.45) is 0 Å². The summed E-state index contributed by atoms with van der Waals surface area (Å²) < 4.78 is 11.3. The van der Waals surface area contributed by atoms with Crippen LogP contribution in [0, 0.1) is 6.92 Å². The van der Waals surface area contributed by atoms with Gasteiger partial charge in [-0.3, -0.25) is 9.59 Å². The van der Waals surface area contributed by atoms with Crippen LogP contribution in [0.2, 0.25) is 0 Å². The Morgan fingerprint density at radius 2 is 1.67 bits per heavy atom. The Bertz CT molecular complexity index is 911. The number of carbonyl (C=O) groups excluding carboxylic acids is 2. The third kappa shape index (κ3) is 8.21. The molecule has 1 amide bonds. The third-order valence-electron chi connectivity index (χ3n) is 5.78. The first-order valence-electron chi connectivity index (χ1n) is 12.0. The maximum atomic E-state index is 12.5. The molecule has 0 fully saturated rings. The smallest absolute Gasteiger partial charge is 0.220 e. The number of fused-ring (bicyclic) bond motifs is 1. The number of Topliss-reactive ketones (excluding diaryl/α,β-unsaturated/α-hetero) is 1. The van der Waals surface area contributed by atoms with Crippen LogP contribution in [0.25, 0.3) is 0 Å². The topological polar surface area (TPSA) is 76.7 Å². The van der Waals surface area contributed by atoms with Gasteiger partial charge in [-0.15, -0.1) is 0 Å². The van der Waals surface area contributed by atoms with Gasteiger partial charge < -0.3 is 20.1 Å². The Morgan fingerprint density at radius 3 is 2.42 bits per heavy atom. The molecule has 6 nitrogen and oxygen atoms in total. The number of hydrogen-bond acceptors (Lipinski definition) is 5. The highest BCUT2D eigenvalue weighted by molar-refractivity contribution is 5.96. The molecule has 0 aromatic heterocycles. The van der Waals surface area contributed by atoms with Crippen LogP contribution in [0.3, 0.4) is 0 Å². The molecule has 1 heterocycles. The van der Waals surface area contributed by atoms with E-state index in [0.717, 1.165) is 60.4 Å². The van der Waals surface area contributed by atoms with Gasteiger partial charge in [-0.25, -0.2) is 0 Å². The molecule has 2 N–H and O–H groups in total. The number of ketones is 1. The SMILES string of the molecule is CCNC[C@H](Cc1ccc2c(c1)OCCO2)NC(=O)CCCCCC(=O)c1ccc(C)cc1. The van der Waals surface area contributed by atoms with E-state index in [-0.39, 0.29) is 17.7 Å². The Kier molecular flexibility index (Phi) is 9.76. The van der Waals surface area contributed by atoms with E-state index in [4.69, 9.17) is 9.47 Å². The van der Waals surface area contributed by atoms with Gasteiger partial charge in [0.2, 0.25) is 5.91 Å². The fraction of sp³-hybridized carbons (Fsp3) is 0.481. The number of hydrogen-bond donors (Lipinski definition) is 2. The Labute approximate surface area is 197 Å². The molecule has 0 saturated heterocycles. The molecule has 0 unspecified atom stereocenters. The van der Waals surface area contributed by atoms with Crippen LogP contribution in [0.5, 0.6) is 11.5 Å². The number of carbonyl (C=O) groups is 2. The van der Waals surface area contributed by atoms with E-state index in [0.29, 0.717) is 32.6 Å². The van der Waals surface area contributed by atoms with Crippen LogP contribution in [-0.4, -0.2) is 44.0 Å². The summed E-state index contributed by atoms with van der Waals surface area (Å²) in [6.45, 7) is 6.76. The highest BCUT2D eigenvalue weighted by Gasteiger charge is 2.16. The number of benzene rings is 2. The first-order chi connectivity index (χ1) is 16.0. The van der Waals surface area contributed by atoms with E-state index in [1.807, 2.05) is 49.4 Å². The largest absolute Gasteiger partial charge is 0.486 e. The van der Waals surface area contributed by atoms with E-state index in [1.54, 1.807) is 0 Å². The van der Waals surface area contributed by atoms with Gasteiger partial charge in [0.15, 0.2) is 17.3 Å². The summed E-state index contributed by atoms with van der Waals surface area (Å²) >= 11 is 0. The molecule has 0 spiro atoms. The van der Waals surface area contributed by atoms with Crippen molar-refractivity contribution in [2.75, 3.05) is 26.3 Å². The van der Waals surface area contributed by atoms with E-state index < -0.39 is 0 Å². The summed E-state index contributed by atoms with van der Waals surface area (Å²) in [5, 5.41) is 6.51. The number of nitrogens with one attached hydrogen (secondary N) is 2. The molecule has 2 aromatic rings. The molecule has 178 valence electrons. The van der Waals surface area contributed by atoms with Gasteiger partial charge in [0, 0.05) is 31.0 Å². The summed E-state index contributed by atoms with van der Waals surface area (Å²) in [6.07, 6.45) is 4.18. The van der Waals surface area contributed by atoms with Gasteiger partial charge in [0.25, 0.3) is 0 Å². The minimum Gasteiger partial charge on any atom is -0.486 e. The molecule has 33 heavy (non-hydrogen) atoms. The van der Waals surface area contributed by atoms with Crippen molar-refractivity contribution in [1.29, 1.82) is 0 Å². The average molecular weight is 453 g/mol. The summed E-state index contributed by atoms with van der Waals surface area (Å²) in [5.74, 6) is 1.77. The molecular formula is C27H36N2O4. The quantitative estimate of drug-likeness (QED) is 0.351. The molecule has 1 aliphatic rings.